The van der Waals surface area contributed by atoms with Crippen LogP contribution < -0.4 is 4.74 Å². The van der Waals surface area contributed by atoms with Gasteiger partial charge in [0, 0.05) is 38.2 Å². The highest BCUT2D eigenvalue weighted by Gasteiger charge is 2.25. The predicted molar refractivity (Wildman–Crippen MR) is 84.9 cm³/mol. The molecule has 0 unspecified atom stereocenters. The van der Waals surface area contributed by atoms with E-state index < -0.39 is 0 Å². The number of rotatable bonds is 4. The fourth-order valence-corrected chi connectivity index (χ4v) is 2.58. The van der Waals surface area contributed by atoms with E-state index in [9.17, 15) is 9.59 Å². The van der Waals surface area contributed by atoms with Crippen LogP contribution in [0.15, 0.2) is 24.3 Å². The SMILES string of the molecule is COc1cccc(C(=O)N2CCN(C(=O)CC(C)C)CC2)c1. The maximum atomic E-state index is 12.5. The van der Waals surface area contributed by atoms with Crippen LogP contribution in [-0.2, 0) is 4.79 Å². The van der Waals surface area contributed by atoms with Crippen molar-refractivity contribution >= 4 is 11.8 Å². The van der Waals surface area contributed by atoms with Crippen molar-refractivity contribution in [2.45, 2.75) is 20.3 Å². The monoisotopic (exact) mass is 304 g/mol. The molecule has 0 saturated carbocycles. The van der Waals surface area contributed by atoms with Gasteiger partial charge >= 0.3 is 0 Å². The average Bonchev–Trinajstić information content (AvgIpc) is 2.53. The third-order valence-corrected chi connectivity index (χ3v) is 3.82. The second-order valence-corrected chi connectivity index (χ2v) is 6.00. The molecule has 0 bridgehead atoms. The van der Waals surface area contributed by atoms with Gasteiger partial charge in [-0.1, -0.05) is 19.9 Å². The molecule has 5 nitrogen and oxygen atoms in total. The standard InChI is InChI=1S/C17H24N2O3/c1-13(2)11-16(20)18-7-9-19(10-8-18)17(21)14-5-4-6-15(12-14)22-3/h4-6,12-13H,7-11H2,1-3H3. The van der Waals surface area contributed by atoms with E-state index in [0.717, 1.165) is 0 Å². The van der Waals surface area contributed by atoms with Crippen molar-refractivity contribution in [3.63, 3.8) is 0 Å². The molecule has 1 aliphatic rings. The maximum Gasteiger partial charge on any atom is 0.254 e. The Bertz CT molecular complexity index is 534. The van der Waals surface area contributed by atoms with Gasteiger partial charge in [0.2, 0.25) is 5.91 Å². The Morgan fingerprint density at radius 3 is 2.36 bits per heavy atom. The third kappa shape index (κ3) is 4.00. The molecule has 5 heteroatoms. The summed E-state index contributed by atoms with van der Waals surface area (Å²) in [5.41, 5.74) is 0.626. The number of methoxy groups -OCH3 is 1. The van der Waals surface area contributed by atoms with Gasteiger partial charge in [-0.2, -0.15) is 0 Å². The van der Waals surface area contributed by atoms with Crippen molar-refractivity contribution in [2.24, 2.45) is 5.92 Å². The van der Waals surface area contributed by atoms with Crippen LogP contribution in [-0.4, -0.2) is 54.9 Å². The minimum Gasteiger partial charge on any atom is -0.497 e. The highest BCUT2D eigenvalue weighted by molar-refractivity contribution is 5.94. The molecule has 0 atom stereocenters. The van der Waals surface area contributed by atoms with Crippen LogP contribution in [0.5, 0.6) is 5.75 Å². The Hall–Kier alpha value is -2.04. The lowest BCUT2D eigenvalue weighted by atomic mass is 10.1. The zero-order valence-corrected chi connectivity index (χ0v) is 13.5. The number of hydrogen-bond acceptors (Lipinski definition) is 3. The summed E-state index contributed by atoms with van der Waals surface area (Å²) in [4.78, 5) is 28.2. The van der Waals surface area contributed by atoms with Crippen molar-refractivity contribution in [1.29, 1.82) is 0 Å². The molecule has 1 aromatic rings. The van der Waals surface area contributed by atoms with Crippen LogP contribution in [0.3, 0.4) is 0 Å². The molecule has 0 radical (unpaired) electrons. The van der Waals surface area contributed by atoms with Gasteiger partial charge in [0.05, 0.1) is 7.11 Å². The number of ether oxygens (including phenoxy) is 1. The van der Waals surface area contributed by atoms with Gasteiger partial charge in [-0.15, -0.1) is 0 Å². The van der Waals surface area contributed by atoms with Gasteiger partial charge in [0.15, 0.2) is 0 Å². The molecule has 22 heavy (non-hydrogen) atoms. The lowest BCUT2D eigenvalue weighted by Crippen LogP contribution is -2.50. The van der Waals surface area contributed by atoms with Gasteiger partial charge in [-0.05, 0) is 24.1 Å². The van der Waals surface area contributed by atoms with Gasteiger partial charge in [-0.25, -0.2) is 0 Å². The third-order valence-electron chi connectivity index (χ3n) is 3.82. The van der Waals surface area contributed by atoms with Gasteiger partial charge in [0.25, 0.3) is 5.91 Å². The highest BCUT2D eigenvalue weighted by atomic mass is 16.5. The quantitative estimate of drug-likeness (QED) is 0.855. The zero-order chi connectivity index (χ0) is 16.1. The van der Waals surface area contributed by atoms with Crippen molar-refractivity contribution in [2.75, 3.05) is 33.3 Å². The van der Waals surface area contributed by atoms with Crippen molar-refractivity contribution in [1.82, 2.24) is 9.80 Å². The van der Waals surface area contributed by atoms with Crippen LogP contribution in [0, 0.1) is 5.92 Å². The molecule has 1 heterocycles. The lowest BCUT2D eigenvalue weighted by Gasteiger charge is -2.35. The van der Waals surface area contributed by atoms with E-state index in [1.165, 1.54) is 0 Å². The number of carbonyl (C=O) groups excluding carboxylic acids is 2. The Morgan fingerprint density at radius 2 is 1.77 bits per heavy atom. The number of benzene rings is 1. The van der Waals surface area contributed by atoms with Crippen molar-refractivity contribution in [3.8, 4) is 5.75 Å². The normalized spacial score (nSPS) is 15.1. The minimum atomic E-state index is -0.00476. The molecule has 0 aliphatic carbocycles. The topological polar surface area (TPSA) is 49.9 Å². The summed E-state index contributed by atoms with van der Waals surface area (Å²) < 4.78 is 5.15. The van der Waals surface area contributed by atoms with Crippen LogP contribution >= 0.6 is 0 Å². The molecule has 1 saturated heterocycles. The first-order valence-electron chi connectivity index (χ1n) is 7.72. The average molecular weight is 304 g/mol. The first-order chi connectivity index (χ1) is 10.5. The molecule has 2 rings (SSSR count). The fraction of sp³-hybridized carbons (Fsp3) is 0.529. The van der Waals surface area contributed by atoms with E-state index in [2.05, 4.69) is 0 Å². The fourth-order valence-electron chi connectivity index (χ4n) is 2.58. The Morgan fingerprint density at radius 1 is 1.14 bits per heavy atom. The molecule has 0 aromatic heterocycles. The van der Waals surface area contributed by atoms with Crippen LogP contribution in [0.4, 0.5) is 0 Å². The molecule has 0 spiro atoms. The first-order valence-corrected chi connectivity index (χ1v) is 7.72. The molecule has 1 fully saturated rings. The van der Waals surface area contributed by atoms with Gasteiger partial charge in [-0.3, -0.25) is 9.59 Å². The van der Waals surface area contributed by atoms with Crippen molar-refractivity contribution < 1.29 is 14.3 Å². The Kier molecular flexibility index (Phi) is 5.41. The second kappa shape index (κ2) is 7.29. The number of hydrogen-bond donors (Lipinski definition) is 0. The van der Waals surface area contributed by atoms with E-state index >= 15 is 0 Å². The van der Waals surface area contributed by atoms with E-state index in [1.54, 1.807) is 24.1 Å². The Labute approximate surface area is 131 Å². The molecule has 1 aliphatic heterocycles. The Balaban J connectivity index is 1.93. The van der Waals surface area contributed by atoms with Gasteiger partial charge in [0.1, 0.15) is 5.75 Å². The summed E-state index contributed by atoms with van der Waals surface area (Å²) in [7, 11) is 1.59. The predicted octanol–water partition coefficient (Wildman–Crippen LogP) is 2.03. The van der Waals surface area contributed by atoms with Crippen molar-refractivity contribution in [3.05, 3.63) is 29.8 Å². The summed E-state index contributed by atoms with van der Waals surface area (Å²) in [6.45, 7) is 6.48. The highest BCUT2D eigenvalue weighted by Crippen LogP contribution is 2.16. The maximum absolute atomic E-state index is 12.5. The summed E-state index contributed by atoms with van der Waals surface area (Å²) in [5.74, 6) is 1.22. The summed E-state index contributed by atoms with van der Waals surface area (Å²) in [6, 6.07) is 7.17. The first kappa shape index (κ1) is 16.3. The van der Waals surface area contributed by atoms with E-state index in [-0.39, 0.29) is 11.8 Å². The molecule has 2 amide bonds. The molecular formula is C17H24N2O3. The number of nitrogens with zero attached hydrogens (tertiary/aromatic N) is 2. The minimum absolute atomic E-state index is 0.00476. The lowest BCUT2D eigenvalue weighted by molar-refractivity contribution is -0.133. The number of piperazine rings is 1. The number of amides is 2. The van der Waals surface area contributed by atoms with E-state index in [1.807, 2.05) is 30.9 Å². The summed E-state index contributed by atoms with van der Waals surface area (Å²) >= 11 is 0. The largest absolute Gasteiger partial charge is 0.497 e. The van der Waals surface area contributed by atoms with Crippen LogP contribution in [0.2, 0.25) is 0 Å². The van der Waals surface area contributed by atoms with Crippen LogP contribution in [0.25, 0.3) is 0 Å². The molecule has 120 valence electrons. The summed E-state index contributed by atoms with van der Waals surface area (Å²) in [6.07, 6.45) is 0.573. The number of carbonyl (C=O) groups is 2. The van der Waals surface area contributed by atoms with Crippen LogP contribution in [0.1, 0.15) is 30.6 Å². The van der Waals surface area contributed by atoms with Gasteiger partial charge < -0.3 is 14.5 Å². The van der Waals surface area contributed by atoms with E-state index in [0.29, 0.717) is 49.8 Å². The van der Waals surface area contributed by atoms with E-state index in [4.69, 9.17) is 4.74 Å². The molecular weight excluding hydrogens is 280 g/mol. The molecule has 1 aromatic carbocycles. The zero-order valence-electron chi connectivity index (χ0n) is 13.5. The smallest absolute Gasteiger partial charge is 0.254 e. The second-order valence-electron chi connectivity index (χ2n) is 6.00. The summed E-state index contributed by atoms with van der Waals surface area (Å²) in [5, 5.41) is 0. The molecule has 0 N–H and O–H groups in total.